The summed E-state index contributed by atoms with van der Waals surface area (Å²) in [7, 11) is -5.22. The molecule has 56 heavy (non-hydrogen) atoms. The third kappa shape index (κ3) is 48.3. The van der Waals surface area contributed by atoms with Crippen molar-refractivity contribution in [2.75, 3.05) is 26.4 Å². The zero-order valence-electron chi connectivity index (χ0n) is 36.4. The largest absolute Gasteiger partial charge is 0.481 e. The molecule has 0 aromatic rings. The molecule has 0 aromatic carbocycles. The number of ether oxygens (including phenoxy) is 1. The van der Waals surface area contributed by atoms with E-state index in [0.717, 1.165) is 32.6 Å². The molecule has 0 amide bonds. The minimum atomic E-state index is -2.61. The van der Waals surface area contributed by atoms with Crippen LogP contribution in [0.5, 0.6) is 0 Å². The lowest BCUT2D eigenvalue weighted by Gasteiger charge is -2.36. The molecule has 0 fully saturated rings. The average Bonchev–Trinajstić information content (AvgIpc) is 3.15. The molecule has 0 aliphatic rings. The summed E-state index contributed by atoms with van der Waals surface area (Å²) in [6.07, 6.45) is 43.7. The van der Waals surface area contributed by atoms with Gasteiger partial charge < -0.3 is 44.7 Å². The maximum atomic E-state index is 10.0. The van der Waals surface area contributed by atoms with Crippen LogP contribution in [-0.4, -0.2) is 78.5 Å². The fourth-order valence-electron chi connectivity index (χ4n) is 6.84. The predicted molar refractivity (Wildman–Crippen MR) is 234 cm³/mol. The number of aliphatic carboxylic acids is 1. The van der Waals surface area contributed by atoms with Crippen LogP contribution in [-0.2, 0) is 13.8 Å². The molecule has 0 aliphatic carbocycles. The Balaban J connectivity index is -0.00000222. The van der Waals surface area contributed by atoms with E-state index in [2.05, 4.69) is 18.2 Å². The molecule has 0 saturated carbocycles. The van der Waals surface area contributed by atoms with Crippen molar-refractivity contribution in [2.45, 2.75) is 239 Å². The number of carboxylic acid groups (broad SMARTS) is 1. The summed E-state index contributed by atoms with van der Waals surface area (Å²) < 4.78 is 9.85. The van der Waals surface area contributed by atoms with Crippen LogP contribution in [0.3, 0.4) is 0 Å². The number of carboxylic acids is 1. The standard InChI is InChI=1S/C41H84O4.C2H4O2.H4O5P2/c1-3-5-7-9-11-13-15-17-19-21-23-25-27-29-31-33-35-40(41(37-42,38-43)39-44)45-36-34-32-30-28-26-24-22-20-18-16-14-12-10-8-6-4-2;1-2(3)4;1-6(2)5-7(3)4/h40,42-44H,3-39H2,1-2H3;1H3,(H,3,4);1-4H. The first kappa shape index (κ1) is 60.3. The Labute approximate surface area is 346 Å². The molecule has 8 N–H and O–H groups in total. The van der Waals surface area contributed by atoms with Crippen molar-refractivity contribution in [3.8, 4) is 0 Å². The number of unbranched alkanes of at least 4 members (excludes halogenated alkanes) is 30. The van der Waals surface area contributed by atoms with Crippen LogP contribution in [0.1, 0.15) is 233 Å². The zero-order valence-corrected chi connectivity index (χ0v) is 38.2. The minimum absolute atomic E-state index is 0.234. The fraction of sp³-hybridized carbons (Fsp3) is 0.977. The van der Waals surface area contributed by atoms with Gasteiger partial charge in [-0.25, -0.2) is 4.31 Å². The molecule has 0 rings (SSSR count). The van der Waals surface area contributed by atoms with E-state index in [4.69, 9.17) is 34.2 Å². The molecule has 13 heteroatoms. The molecule has 0 saturated heterocycles. The first-order valence-electron chi connectivity index (χ1n) is 22.7. The first-order chi connectivity index (χ1) is 27.1. The van der Waals surface area contributed by atoms with E-state index in [0.29, 0.717) is 6.61 Å². The highest BCUT2D eigenvalue weighted by Gasteiger charge is 2.38. The molecule has 0 radical (unpaired) electrons. The summed E-state index contributed by atoms with van der Waals surface area (Å²) in [5.41, 5.74) is -0.940. The van der Waals surface area contributed by atoms with Gasteiger partial charge in [0.05, 0.1) is 31.3 Å². The SMILES string of the molecule is CC(=O)O.CCCCCCCCCCCCCCCCCCOC(CCCCCCCCCCCCCCCCCC)C(CO)(CO)CO.OP(O)OP(O)O. The van der Waals surface area contributed by atoms with Crippen LogP contribution in [0.25, 0.3) is 0 Å². The van der Waals surface area contributed by atoms with Crippen molar-refractivity contribution >= 4 is 23.2 Å². The molecule has 0 aromatic heterocycles. The summed E-state index contributed by atoms with van der Waals surface area (Å²) in [4.78, 5) is 40.3. The van der Waals surface area contributed by atoms with Crippen molar-refractivity contribution in [2.24, 2.45) is 5.41 Å². The molecule has 11 nitrogen and oxygen atoms in total. The van der Waals surface area contributed by atoms with E-state index in [1.807, 2.05) is 0 Å². The Hall–Kier alpha value is -0.0300. The van der Waals surface area contributed by atoms with E-state index < -0.39 is 28.6 Å². The lowest BCUT2D eigenvalue weighted by atomic mass is 9.81. The fourth-order valence-corrected chi connectivity index (χ4v) is 7.36. The monoisotopic (exact) mass is 847 g/mol. The predicted octanol–water partition coefficient (Wildman–Crippen LogP) is 11.8. The van der Waals surface area contributed by atoms with E-state index >= 15 is 0 Å². The van der Waals surface area contributed by atoms with Crippen molar-refractivity contribution in [1.29, 1.82) is 0 Å². The molecule has 1 unspecified atom stereocenters. The Kier molecular flexibility index (Phi) is 53.1. The number of rotatable bonds is 41. The molecule has 0 spiro atoms. The molecule has 0 aliphatic heterocycles. The number of aliphatic hydroxyl groups excluding tert-OH is 3. The smallest absolute Gasteiger partial charge is 0.334 e. The van der Waals surface area contributed by atoms with Gasteiger partial charge in [-0.15, -0.1) is 0 Å². The Bertz CT molecular complexity index is 728. The molecule has 0 bridgehead atoms. The number of aliphatic hydroxyl groups is 3. The van der Waals surface area contributed by atoms with Gasteiger partial charge in [-0.1, -0.05) is 213 Å². The third-order valence-corrected chi connectivity index (χ3v) is 11.6. The molecular formula is C43H92O11P2. The van der Waals surface area contributed by atoms with Crippen LogP contribution in [0, 0.1) is 5.41 Å². The second kappa shape index (κ2) is 49.3. The van der Waals surface area contributed by atoms with E-state index in [1.165, 1.54) is 186 Å². The van der Waals surface area contributed by atoms with Crippen LogP contribution < -0.4 is 0 Å². The van der Waals surface area contributed by atoms with Gasteiger partial charge in [-0.05, 0) is 12.8 Å². The molecular weight excluding hydrogens is 754 g/mol. The highest BCUT2D eigenvalue weighted by Crippen LogP contribution is 2.41. The number of hydrogen-bond donors (Lipinski definition) is 8. The maximum absolute atomic E-state index is 10.0. The van der Waals surface area contributed by atoms with Crippen molar-refractivity contribution in [1.82, 2.24) is 0 Å². The van der Waals surface area contributed by atoms with Gasteiger partial charge in [0.2, 0.25) is 0 Å². The molecule has 1 atom stereocenters. The van der Waals surface area contributed by atoms with E-state index in [9.17, 15) is 15.3 Å². The zero-order chi connectivity index (χ0) is 42.4. The summed E-state index contributed by atoms with van der Waals surface area (Å²) >= 11 is 0. The lowest BCUT2D eigenvalue weighted by Crippen LogP contribution is -2.46. The van der Waals surface area contributed by atoms with Gasteiger partial charge in [-0.3, -0.25) is 4.79 Å². The highest BCUT2D eigenvalue weighted by molar-refractivity contribution is 7.53. The summed E-state index contributed by atoms with van der Waals surface area (Å²) in [6.45, 7) is 5.61. The van der Waals surface area contributed by atoms with Gasteiger partial charge in [0.1, 0.15) is 0 Å². The Morgan fingerprint density at radius 1 is 0.464 bits per heavy atom. The Morgan fingerprint density at radius 2 is 0.696 bits per heavy atom. The van der Waals surface area contributed by atoms with E-state index in [-0.39, 0.29) is 25.9 Å². The van der Waals surface area contributed by atoms with Crippen molar-refractivity contribution in [3.05, 3.63) is 0 Å². The van der Waals surface area contributed by atoms with Crippen LogP contribution in [0.4, 0.5) is 0 Å². The van der Waals surface area contributed by atoms with E-state index in [1.54, 1.807) is 0 Å². The normalized spacial score (nSPS) is 12.1. The minimum Gasteiger partial charge on any atom is -0.481 e. The Morgan fingerprint density at radius 3 is 0.911 bits per heavy atom. The second-order valence-electron chi connectivity index (χ2n) is 15.7. The van der Waals surface area contributed by atoms with Gasteiger partial charge in [0, 0.05) is 13.5 Å². The average molecular weight is 847 g/mol. The van der Waals surface area contributed by atoms with Crippen LogP contribution >= 0.6 is 17.2 Å². The van der Waals surface area contributed by atoms with Gasteiger partial charge in [0.15, 0.2) is 0 Å². The second-order valence-corrected chi connectivity index (χ2v) is 17.4. The van der Waals surface area contributed by atoms with Crippen LogP contribution in [0.2, 0.25) is 0 Å². The summed E-state index contributed by atoms with van der Waals surface area (Å²) in [5.74, 6) is -0.833. The topological polar surface area (TPSA) is 197 Å². The van der Waals surface area contributed by atoms with Gasteiger partial charge in [-0.2, -0.15) is 0 Å². The number of hydrogen-bond acceptors (Lipinski definition) is 10. The lowest BCUT2D eigenvalue weighted by molar-refractivity contribution is -0.134. The number of carbonyl (C=O) groups is 1. The molecule has 340 valence electrons. The maximum Gasteiger partial charge on any atom is 0.334 e. The summed E-state index contributed by atoms with van der Waals surface area (Å²) in [5, 5.41) is 37.5. The van der Waals surface area contributed by atoms with Crippen molar-refractivity contribution in [3.63, 3.8) is 0 Å². The summed E-state index contributed by atoms with van der Waals surface area (Å²) in [6, 6.07) is 0. The third-order valence-electron chi connectivity index (χ3n) is 10.4. The van der Waals surface area contributed by atoms with Gasteiger partial charge in [0.25, 0.3) is 5.97 Å². The van der Waals surface area contributed by atoms with Gasteiger partial charge >= 0.3 is 17.2 Å². The first-order valence-corrected chi connectivity index (χ1v) is 25.1. The quantitative estimate of drug-likeness (QED) is 0.0215. The van der Waals surface area contributed by atoms with Crippen molar-refractivity contribution < 1.29 is 53.8 Å². The molecule has 0 heterocycles. The van der Waals surface area contributed by atoms with Crippen LogP contribution in [0.15, 0.2) is 0 Å². The highest BCUT2D eigenvalue weighted by atomic mass is 31.2.